The summed E-state index contributed by atoms with van der Waals surface area (Å²) in [6, 6.07) is -0.0670. The van der Waals surface area contributed by atoms with Crippen molar-refractivity contribution in [1.29, 1.82) is 0 Å². The number of carbonyl (C=O) groups is 1. The molecule has 1 N–H and O–H groups in total. The standard InChI is InChI=1S/C8H15NO4S/c1-2-5-14(12,13)9(6-8(10)11)7-3-4-7/h7H,2-6H2,1H3,(H,10,11). The molecule has 82 valence electrons. The van der Waals surface area contributed by atoms with Crippen molar-refractivity contribution in [2.45, 2.75) is 32.2 Å². The van der Waals surface area contributed by atoms with Crippen LogP contribution in [0.25, 0.3) is 0 Å². The molecule has 1 rings (SSSR count). The van der Waals surface area contributed by atoms with Crippen molar-refractivity contribution >= 4 is 16.0 Å². The lowest BCUT2D eigenvalue weighted by Gasteiger charge is -2.19. The maximum Gasteiger partial charge on any atom is 0.318 e. The average molecular weight is 221 g/mol. The average Bonchev–Trinajstić information content (AvgIpc) is 2.81. The van der Waals surface area contributed by atoms with Gasteiger partial charge < -0.3 is 5.11 Å². The van der Waals surface area contributed by atoms with E-state index in [2.05, 4.69) is 0 Å². The van der Waals surface area contributed by atoms with Gasteiger partial charge in [-0.3, -0.25) is 4.79 Å². The van der Waals surface area contributed by atoms with Crippen LogP contribution >= 0.6 is 0 Å². The summed E-state index contributed by atoms with van der Waals surface area (Å²) in [5, 5.41) is 8.59. The molecule has 14 heavy (non-hydrogen) atoms. The van der Waals surface area contributed by atoms with E-state index in [9.17, 15) is 13.2 Å². The highest BCUT2D eigenvalue weighted by Crippen LogP contribution is 2.29. The molecular weight excluding hydrogens is 206 g/mol. The maximum absolute atomic E-state index is 11.6. The zero-order chi connectivity index (χ0) is 10.8. The Balaban J connectivity index is 2.71. The van der Waals surface area contributed by atoms with E-state index in [4.69, 9.17) is 5.11 Å². The van der Waals surface area contributed by atoms with Crippen molar-refractivity contribution in [3.05, 3.63) is 0 Å². The highest BCUT2D eigenvalue weighted by molar-refractivity contribution is 7.89. The fourth-order valence-corrected chi connectivity index (χ4v) is 3.05. The molecule has 0 amide bonds. The van der Waals surface area contributed by atoms with Crippen LogP contribution in [0.3, 0.4) is 0 Å². The van der Waals surface area contributed by atoms with Crippen molar-refractivity contribution in [3.63, 3.8) is 0 Å². The van der Waals surface area contributed by atoms with Gasteiger partial charge in [0.25, 0.3) is 0 Å². The van der Waals surface area contributed by atoms with Gasteiger partial charge in [0.15, 0.2) is 0 Å². The molecular formula is C8H15NO4S. The van der Waals surface area contributed by atoms with Gasteiger partial charge in [-0.1, -0.05) is 6.92 Å². The zero-order valence-corrected chi connectivity index (χ0v) is 8.96. The minimum absolute atomic E-state index is 0.0385. The van der Waals surface area contributed by atoms with Gasteiger partial charge in [0, 0.05) is 6.04 Å². The van der Waals surface area contributed by atoms with Crippen LogP contribution in [0.15, 0.2) is 0 Å². The second-order valence-electron chi connectivity index (χ2n) is 3.49. The molecule has 0 aliphatic heterocycles. The summed E-state index contributed by atoms with van der Waals surface area (Å²) in [6.45, 7) is 1.37. The first-order valence-electron chi connectivity index (χ1n) is 4.68. The Morgan fingerprint density at radius 3 is 2.43 bits per heavy atom. The van der Waals surface area contributed by atoms with Crippen molar-refractivity contribution < 1.29 is 18.3 Å². The molecule has 5 nitrogen and oxygen atoms in total. The van der Waals surface area contributed by atoms with Crippen LogP contribution in [0, 0.1) is 0 Å². The van der Waals surface area contributed by atoms with Gasteiger partial charge >= 0.3 is 5.97 Å². The number of aliphatic carboxylic acids is 1. The highest BCUT2D eigenvalue weighted by Gasteiger charge is 2.37. The molecule has 0 aromatic rings. The SMILES string of the molecule is CCCS(=O)(=O)N(CC(=O)O)C1CC1. The topological polar surface area (TPSA) is 74.7 Å². The van der Waals surface area contributed by atoms with E-state index in [1.54, 1.807) is 6.92 Å². The molecule has 0 bridgehead atoms. The highest BCUT2D eigenvalue weighted by atomic mass is 32.2. The fourth-order valence-electron chi connectivity index (χ4n) is 1.33. The number of hydrogen-bond acceptors (Lipinski definition) is 3. The molecule has 0 atom stereocenters. The number of carboxylic acid groups (broad SMARTS) is 1. The summed E-state index contributed by atoms with van der Waals surface area (Å²) in [5.74, 6) is -1.05. The molecule has 0 radical (unpaired) electrons. The predicted molar refractivity (Wildman–Crippen MR) is 51.4 cm³/mol. The number of hydrogen-bond donors (Lipinski definition) is 1. The lowest BCUT2D eigenvalue weighted by Crippen LogP contribution is -2.38. The quantitative estimate of drug-likeness (QED) is 0.699. The van der Waals surface area contributed by atoms with Crippen molar-refractivity contribution in [3.8, 4) is 0 Å². The van der Waals surface area contributed by atoms with Crippen molar-refractivity contribution in [2.75, 3.05) is 12.3 Å². The second-order valence-corrected chi connectivity index (χ2v) is 5.53. The van der Waals surface area contributed by atoms with Gasteiger partial charge in [0.1, 0.15) is 6.54 Å². The molecule has 1 fully saturated rings. The second kappa shape index (κ2) is 4.27. The molecule has 1 aliphatic rings. The Labute approximate surface area is 83.8 Å². The first-order chi connectivity index (χ1) is 6.47. The summed E-state index contributed by atoms with van der Waals surface area (Å²) in [7, 11) is -3.35. The normalized spacial score (nSPS) is 17.3. The molecule has 0 heterocycles. The lowest BCUT2D eigenvalue weighted by atomic mass is 10.6. The molecule has 1 saturated carbocycles. The Morgan fingerprint density at radius 1 is 1.50 bits per heavy atom. The molecule has 0 saturated heterocycles. The minimum Gasteiger partial charge on any atom is -0.480 e. The summed E-state index contributed by atoms with van der Waals surface area (Å²) < 4.78 is 24.3. The molecule has 0 unspecified atom stereocenters. The van der Waals surface area contributed by atoms with E-state index in [1.807, 2.05) is 0 Å². The smallest absolute Gasteiger partial charge is 0.318 e. The van der Waals surface area contributed by atoms with Crippen LogP contribution in [-0.2, 0) is 14.8 Å². The van der Waals surface area contributed by atoms with Crippen LogP contribution < -0.4 is 0 Å². The van der Waals surface area contributed by atoms with Crippen molar-refractivity contribution in [1.82, 2.24) is 4.31 Å². The number of nitrogens with zero attached hydrogens (tertiary/aromatic N) is 1. The van der Waals surface area contributed by atoms with Gasteiger partial charge in [-0.15, -0.1) is 0 Å². The van der Waals surface area contributed by atoms with Crippen LogP contribution in [0.1, 0.15) is 26.2 Å². The number of rotatable bonds is 6. The molecule has 0 aromatic carbocycles. The van der Waals surface area contributed by atoms with Crippen LogP contribution in [0.5, 0.6) is 0 Å². The lowest BCUT2D eigenvalue weighted by molar-refractivity contribution is -0.137. The van der Waals surface area contributed by atoms with Gasteiger partial charge in [-0.25, -0.2) is 8.42 Å². The minimum atomic E-state index is -3.35. The number of carboxylic acids is 1. The van der Waals surface area contributed by atoms with E-state index in [0.717, 1.165) is 17.1 Å². The van der Waals surface area contributed by atoms with E-state index in [-0.39, 0.29) is 11.8 Å². The predicted octanol–water partition coefficient (Wildman–Crippen LogP) is 0.275. The van der Waals surface area contributed by atoms with E-state index in [0.29, 0.717) is 6.42 Å². The summed E-state index contributed by atoms with van der Waals surface area (Å²) in [4.78, 5) is 10.5. The summed E-state index contributed by atoms with van der Waals surface area (Å²) in [6.07, 6.45) is 2.09. The monoisotopic (exact) mass is 221 g/mol. The first-order valence-corrected chi connectivity index (χ1v) is 6.29. The fraction of sp³-hybridized carbons (Fsp3) is 0.875. The zero-order valence-electron chi connectivity index (χ0n) is 8.14. The summed E-state index contributed by atoms with van der Waals surface area (Å²) >= 11 is 0. The first kappa shape index (κ1) is 11.5. The van der Waals surface area contributed by atoms with E-state index in [1.165, 1.54) is 0 Å². The largest absolute Gasteiger partial charge is 0.480 e. The third kappa shape index (κ3) is 2.95. The third-order valence-electron chi connectivity index (χ3n) is 2.06. The summed E-state index contributed by atoms with van der Waals surface area (Å²) in [5.41, 5.74) is 0. The van der Waals surface area contributed by atoms with Crippen LogP contribution in [-0.4, -0.2) is 42.1 Å². The molecule has 0 aromatic heterocycles. The number of sulfonamides is 1. The van der Waals surface area contributed by atoms with Gasteiger partial charge in [-0.05, 0) is 19.3 Å². The van der Waals surface area contributed by atoms with E-state index < -0.39 is 22.5 Å². The van der Waals surface area contributed by atoms with Crippen molar-refractivity contribution in [2.24, 2.45) is 0 Å². The van der Waals surface area contributed by atoms with Crippen LogP contribution in [0.4, 0.5) is 0 Å². The Morgan fingerprint density at radius 2 is 2.07 bits per heavy atom. The van der Waals surface area contributed by atoms with Gasteiger partial charge in [0.05, 0.1) is 5.75 Å². The van der Waals surface area contributed by atoms with Gasteiger partial charge in [-0.2, -0.15) is 4.31 Å². The molecule has 6 heteroatoms. The third-order valence-corrected chi connectivity index (χ3v) is 4.13. The molecule has 1 aliphatic carbocycles. The maximum atomic E-state index is 11.6. The van der Waals surface area contributed by atoms with Gasteiger partial charge in [0.2, 0.25) is 10.0 Å². The Kier molecular flexibility index (Phi) is 3.49. The van der Waals surface area contributed by atoms with Crippen LogP contribution in [0.2, 0.25) is 0 Å². The van der Waals surface area contributed by atoms with E-state index >= 15 is 0 Å². The Bertz CT molecular complexity index is 307. The Hall–Kier alpha value is -0.620. The molecule has 0 spiro atoms.